The van der Waals surface area contributed by atoms with Crippen molar-refractivity contribution in [1.82, 2.24) is 20.2 Å². The number of thioether (sulfide) groups is 2. The predicted molar refractivity (Wildman–Crippen MR) is 111 cm³/mol. The molecule has 0 aliphatic rings. The highest BCUT2D eigenvalue weighted by atomic mass is 32.2. The van der Waals surface area contributed by atoms with Gasteiger partial charge in [-0.1, -0.05) is 48.2 Å². The highest BCUT2D eigenvalue weighted by Gasteiger charge is 2.18. The first-order valence-corrected chi connectivity index (χ1v) is 11.7. The third-order valence-corrected chi connectivity index (χ3v) is 8.25. The van der Waals surface area contributed by atoms with Gasteiger partial charge in [-0.15, -0.1) is 21.5 Å². The maximum absolute atomic E-state index is 6.19. The van der Waals surface area contributed by atoms with E-state index in [0.29, 0.717) is 5.82 Å². The largest absolute Gasteiger partial charge is 0.383 e. The second-order valence-corrected chi connectivity index (χ2v) is 10.8. The molecule has 0 radical (unpaired) electrons. The summed E-state index contributed by atoms with van der Waals surface area (Å²) in [5, 5.41) is 9.63. The van der Waals surface area contributed by atoms with E-state index in [1.54, 1.807) is 46.2 Å². The smallest absolute Gasteiger partial charge is 0.175 e. The van der Waals surface area contributed by atoms with Crippen LogP contribution in [0.5, 0.6) is 0 Å². The monoisotopic (exact) mass is 411 g/mol. The van der Waals surface area contributed by atoms with E-state index in [9.17, 15) is 0 Å². The summed E-state index contributed by atoms with van der Waals surface area (Å²) in [6.07, 6.45) is 2.41. The maximum atomic E-state index is 6.19. The molecule has 0 bridgehead atoms. The van der Waals surface area contributed by atoms with Gasteiger partial charge in [0.2, 0.25) is 0 Å². The zero-order valence-corrected chi connectivity index (χ0v) is 18.0. The minimum absolute atomic E-state index is 0.0795. The lowest BCUT2D eigenvalue weighted by molar-refractivity contribution is 0.892. The van der Waals surface area contributed by atoms with Crippen molar-refractivity contribution in [3.8, 4) is 0 Å². The van der Waals surface area contributed by atoms with Crippen LogP contribution in [-0.2, 0) is 0 Å². The van der Waals surface area contributed by atoms with Crippen LogP contribution >= 0.6 is 46.2 Å². The molecule has 0 aliphatic carbocycles. The molecule has 3 heterocycles. The average molecular weight is 412 g/mol. The molecule has 25 heavy (non-hydrogen) atoms. The van der Waals surface area contributed by atoms with E-state index < -0.39 is 0 Å². The summed E-state index contributed by atoms with van der Waals surface area (Å²) in [6, 6.07) is 0. The Morgan fingerprint density at radius 1 is 1.12 bits per heavy atom. The molecule has 0 aromatic carbocycles. The molecule has 0 saturated carbocycles. The van der Waals surface area contributed by atoms with E-state index >= 15 is 0 Å². The van der Waals surface area contributed by atoms with Crippen molar-refractivity contribution < 1.29 is 0 Å². The summed E-state index contributed by atoms with van der Waals surface area (Å²) >= 11 is 6.74. The number of aryl methyl sites for hydroxylation is 2. The number of hydrogen-bond donors (Lipinski definition) is 1. The van der Waals surface area contributed by atoms with Crippen molar-refractivity contribution in [2.24, 2.45) is 0 Å². The molecular formula is C16H21N5S4. The molecule has 3 aromatic rings. The molecule has 0 spiro atoms. The van der Waals surface area contributed by atoms with Crippen LogP contribution in [0.1, 0.15) is 48.2 Å². The van der Waals surface area contributed by atoms with Crippen molar-refractivity contribution in [2.75, 3.05) is 11.5 Å². The second kappa shape index (κ2) is 8.20. The number of hydrogen-bond acceptors (Lipinski definition) is 9. The quantitative estimate of drug-likeness (QED) is 0.407. The van der Waals surface area contributed by atoms with Crippen LogP contribution in [0.2, 0.25) is 0 Å². The second-order valence-electron chi connectivity index (χ2n) is 5.73. The average Bonchev–Trinajstić information content (AvgIpc) is 3.12. The van der Waals surface area contributed by atoms with Gasteiger partial charge >= 0.3 is 0 Å². The van der Waals surface area contributed by atoms with Crippen molar-refractivity contribution >= 4 is 62.2 Å². The zero-order chi connectivity index (χ0) is 18.0. The molecule has 0 amide bonds. The number of thiophene rings is 1. The van der Waals surface area contributed by atoms with Crippen LogP contribution in [0.15, 0.2) is 8.68 Å². The molecule has 3 aromatic heterocycles. The van der Waals surface area contributed by atoms with Gasteiger partial charge in [0.25, 0.3) is 0 Å². The number of anilines is 1. The van der Waals surface area contributed by atoms with E-state index in [2.05, 4.69) is 42.9 Å². The number of unbranched alkanes of at least 4 members (excludes halogenated alkanes) is 1. The van der Waals surface area contributed by atoms with E-state index in [1.807, 2.05) is 0 Å². The zero-order valence-electron chi connectivity index (χ0n) is 14.7. The number of nitrogens with zero attached hydrogens (tertiary/aromatic N) is 4. The summed E-state index contributed by atoms with van der Waals surface area (Å²) in [5.41, 5.74) is 7.37. The van der Waals surface area contributed by atoms with Gasteiger partial charge in [0.15, 0.2) is 8.68 Å². The molecule has 0 aliphatic heterocycles. The van der Waals surface area contributed by atoms with Crippen LogP contribution < -0.4 is 5.73 Å². The van der Waals surface area contributed by atoms with Gasteiger partial charge in [-0.2, -0.15) is 0 Å². The summed E-state index contributed by atoms with van der Waals surface area (Å²) < 4.78 is 1.98. The molecule has 1 atom stereocenters. The van der Waals surface area contributed by atoms with Gasteiger partial charge in [0, 0.05) is 10.6 Å². The number of rotatable bonds is 7. The van der Waals surface area contributed by atoms with E-state index in [4.69, 9.17) is 10.7 Å². The first-order chi connectivity index (χ1) is 12.0. The lowest BCUT2D eigenvalue weighted by Gasteiger charge is -2.08. The third kappa shape index (κ3) is 4.27. The molecule has 0 saturated heterocycles. The fourth-order valence-corrected chi connectivity index (χ4v) is 6.70. The number of aromatic nitrogens is 4. The van der Waals surface area contributed by atoms with Crippen molar-refractivity contribution in [3.05, 3.63) is 16.3 Å². The number of fused-ring (bicyclic) bond motifs is 1. The molecule has 2 N–H and O–H groups in total. The fourth-order valence-electron chi connectivity index (χ4n) is 2.29. The molecule has 0 fully saturated rings. The predicted octanol–water partition coefficient (Wildman–Crippen LogP) is 5.49. The van der Waals surface area contributed by atoms with Gasteiger partial charge in [-0.05, 0) is 32.8 Å². The molecular weight excluding hydrogens is 390 g/mol. The lowest BCUT2D eigenvalue weighted by atomic mass is 10.2. The van der Waals surface area contributed by atoms with Crippen molar-refractivity contribution in [3.63, 3.8) is 0 Å². The highest BCUT2D eigenvalue weighted by molar-refractivity contribution is 8.03. The Bertz CT molecular complexity index is 873. The first-order valence-electron chi connectivity index (χ1n) is 8.15. The Labute approximate surface area is 164 Å². The topological polar surface area (TPSA) is 77.6 Å². The maximum Gasteiger partial charge on any atom is 0.175 e. The van der Waals surface area contributed by atoms with Gasteiger partial charge < -0.3 is 5.73 Å². The van der Waals surface area contributed by atoms with Gasteiger partial charge in [-0.3, -0.25) is 0 Å². The minimum atomic E-state index is 0.0795. The van der Waals surface area contributed by atoms with Crippen molar-refractivity contribution in [1.29, 1.82) is 0 Å². The Hall–Kier alpha value is -0.900. The first kappa shape index (κ1) is 18.9. The summed E-state index contributed by atoms with van der Waals surface area (Å²) in [6.45, 7) is 8.45. The van der Waals surface area contributed by atoms with Gasteiger partial charge in [0.05, 0.1) is 10.6 Å². The summed E-state index contributed by atoms with van der Waals surface area (Å²) in [7, 11) is 0. The number of nitrogens with two attached hydrogens (primary N) is 1. The molecule has 3 rings (SSSR count). The minimum Gasteiger partial charge on any atom is -0.383 e. The van der Waals surface area contributed by atoms with Crippen LogP contribution in [-0.4, -0.2) is 25.9 Å². The molecule has 9 heteroatoms. The van der Waals surface area contributed by atoms with E-state index in [1.165, 1.54) is 23.3 Å². The van der Waals surface area contributed by atoms with Crippen molar-refractivity contribution in [2.45, 2.75) is 54.5 Å². The van der Waals surface area contributed by atoms with Gasteiger partial charge in [0.1, 0.15) is 16.5 Å². The van der Waals surface area contributed by atoms with Crippen LogP contribution in [0, 0.1) is 13.8 Å². The molecule has 134 valence electrons. The highest BCUT2D eigenvalue weighted by Crippen LogP contribution is 2.39. The van der Waals surface area contributed by atoms with E-state index in [0.717, 1.165) is 30.5 Å². The Morgan fingerprint density at radius 2 is 1.88 bits per heavy atom. The summed E-state index contributed by atoms with van der Waals surface area (Å²) in [4.78, 5) is 11.5. The fraction of sp³-hybridized carbons (Fsp3) is 0.500. The Balaban J connectivity index is 1.75. The Kier molecular flexibility index (Phi) is 6.19. The van der Waals surface area contributed by atoms with Crippen LogP contribution in [0.3, 0.4) is 0 Å². The number of nitrogen functional groups attached to an aromatic ring is 1. The van der Waals surface area contributed by atoms with Crippen LogP contribution in [0.4, 0.5) is 5.82 Å². The van der Waals surface area contributed by atoms with Crippen LogP contribution in [0.25, 0.3) is 10.2 Å². The SMILES string of the molecule is CCCCSc1nnc(SC(C)c2nc(N)c3c(C)c(C)sc3n2)s1. The van der Waals surface area contributed by atoms with E-state index in [-0.39, 0.29) is 5.25 Å². The normalized spacial score (nSPS) is 12.8. The third-order valence-electron chi connectivity index (χ3n) is 3.83. The Morgan fingerprint density at radius 3 is 2.64 bits per heavy atom. The standard InChI is InChI=1S/C16H21N5S4/c1-5-6-7-22-15-20-21-16(25-15)24-10(4)13-18-12(17)11-8(2)9(3)23-14(11)19-13/h10H,5-7H2,1-4H3,(H2,17,18,19). The van der Waals surface area contributed by atoms with Gasteiger partial charge in [-0.25, -0.2) is 9.97 Å². The lowest BCUT2D eigenvalue weighted by Crippen LogP contribution is -2.02. The molecule has 1 unspecified atom stereocenters. The summed E-state index contributed by atoms with van der Waals surface area (Å²) in [5.74, 6) is 2.42. The molecule has 5 nitrogen and oxygen atoms in total.